The Morgan fingerprint density at radius 1 is 1.41 bits per heavy atom. The third-order valence-electron chi connectivity index (χ3n) is 3.53. The molecule has 0 bridgehead atoms. The van der Waals surface area contributed by atoms with Gasteiger partial charge in [-0.05, 0) is 31.4 Å². The van der Waals surface area contributed by atoms with Crippen LogP contribution >= 0.6 is 0 Å². The van der Waals surface area contributed by atoms with Crippen molar-refractivity contribution in [3.63, 3.8) is 0 Å². The number of hydrogen-bond acceptors (Lipinski definition) is 2. The molecule has 3 nitrogen and oxygen atoms in total. The van der Waals surface area contributed by atoms with Crippen LogP contribution in [0.4, 0.5) is 0 Å². The van der Waals surface area contributed by atoms with E-state index in [1.54, 1.807) is 0 Å². The molecule has 1 aromatic carbocycles. The summed E-state index contributed by atoms with van der Waals surface area (Å²) < 4.78 is 5.32. The molecule has 1 fully saturated rings. The molecule has 1 heterocycles. The number of carbonyl (C=O) groups is 1. The first-order valence-electron chi connectivity index (χ1n) is 5.91. The van der Waals surface area contributed by atoms with Gasteiger partial charge in [0.1, 0.15) is 0 Å². The number of hydrogen-bond donors (Lipinski definition) is 1. The van der Waals surface area contributed by atoms with E-state index in [-0.39, 0.29) is 11.8 Å². The standard InChI is InChI=1S/C14H18O3/c1-10-3-4-12(11(2)7-10)14(8-17-9-14)6-5-13(15)16/h3-4,7H,5-6,8-9H2,1-2H3,(H,15,16). The Morgan fingerprint density at radius 3 is 2.59 bits per heavy atom. The molecular formula is C14H18O3. The summed E-state index contributed by atoms with van der Waals surface area (Å²) in [7, 11) is 0. The fourth-order valence-corrected chi connectivity index (χ4v) is 2.54. The maximum atomic E-state index is 10.7. The van der Waals surface area contributed by atoms with Gasteiger partial charge in [0.15, 0.2) is 0 Å². The van der Waals surface area contributed by atoms with Crippen LogP contribution in [0.5, 0.6) is 0 Å². The van der Waals surface area contributed by atoms with E-state index < -0.39 is 5.97 Å². The van der Waals surface area contributed by atoms with Gasteiger partial charge >= 0.3 is 5.97 Å². The zero-order chi connectivity index (χ0) is 12.5. The Kier molecular flexibility index (Phi) is 3.20. The second kappa shape index (κ2) is 4.49. The monoisotopic (exact) mass is 234 g/mol. The van der Waals surface area contributed by atoms with Gasteiger partial charge in [-0.2, -0.15) is 0 Å². The number of ether oxygens (including phenoxy) is 1. The van der Waals surface area contributed by atoms with Crippen molar-refractivity contribution in [3.05, 3.63) is 34.9 Å². The molecule has 1 aliphatic heterocycles. The fourth-order valence-electron chi connectivity index (χ4n) is 2.54. The third-order valence-corrected chi connectivity index (χ3v) is 3.53. The van der Waals surface area contributed by atoms with Gasteiger partial charge in [-0.1, -0.05) is 23.8 Å². The van der Waals surface area contributed by atoms with E-state index in [9.17, 15) is 4.79 Å². The largest absolute Gasteiger partial charge is 0.481 e. The summed E-state index contributed by atoms with van der Waals surface area (Å²) in [5, 5.41) is 8.82. The predicted molar refractivity (Wildman–Crippen MR) is 65.3 cm³/mol. The fraction of sp³-hybridized carbons (Fsp3) is 0.500. The first-order chi connectivity index (χ1) is 8.03. The van der Waals surface area contributed by atoms with Crippen LogP contribution in [0, 0.1) is 13.8 Å². The van der Waals surface area contributed by atoms with Crippen molar-refractivity contribution < 1.29 is 14.6 Å². The molecule has 0 unspecified atom stereocenters. The molecule has 1 aliphatic rings. The lowest BCUT2D eigenvalue weighted by molar-refractivity contribution is -0.139. The van der Waals surface area contributed by atoms with Crippen LogP contribution in [0.25, 0.3) is 0 Å². The summed E-state index contributed by atoms with van der Waals surface area (Å²) in [4.78, 5) is 10.7. The normalized spacial score (nSPS) is 17.5. The first-order valence-corrected chi connectivity index (χ1v) is 5.91. The van der Waals surface area contributed by atoms with Crippen LogP contribution in [0.3, 0.4) is 0 Å². The van der Waals surface area contributed by atoms with E-state index in [1.165, 1.54) is 16.7 Å². The number of benzene rings is 1. The SMILES string of the molecule is Cc1ccc(C2(CCC(=O)O)COC2)c(C)c1. The summed E-state index contributed by atoms with van der Waals surface area (Å²) in [5.74, 6) is -0.735. The molecule has 0 spiro atoms. The van der Waals surface area contributed by atoms with Crippen molar-refractivity contribution in [2.24, 2.45) is 0 Å². The average molecular weight is 234 g/mol. The Morgan fingerprint density at radius 2 is 2.12 bits per heavy atom. The van der Waals surface area contributed by atoms with Crippen LogP contribution in [-0.2, 0) is 14.9 Å². The van der Waals surface area contributed by atoms with Gasteiger partial charge in [-0.15, -0.1) is 0 Å². The number of aliphatic carboxylic acids is 1. The van der Waals surface area contributed by atoms with Gasteiger partial charge in [0.2, 0.25) is 0 Å². The molecule has 1 aromatic rings. The van der Waals surface area contributed by atoms with Crippen LogP contribution in [0.2, 0.25) is 0 Å². The lowest BCUT2D eigenvalue weighted by Crippen LogP contribution is -2.47. The molecule has 0 aromatic heterocycles. The maximum absolute atomic E-state index is 10.7. The molecule has 2 rings (SSSR count). The number of aryl methyl sites for hydroxylation is 2. The molecule has 0 saturated carbocycles. The second-order valence-corrected chi connectivity index (χ2v) is 4.99. The van der Waals surface area contributed by atoms with E-state index in [2.05, 4.69) is 32.0 Å². The maximum Gasteiger partial charge on any atom is 0.303 e. The highest BCUT2D eigenvalue weighted by Gasteiger charge is 2.41. The summed E-state index contributed by atoms with van der Waals surface area (Å²) in [5.41, 5.74) is 3.64. The lowest BCUT2D eigenvalue weighted by atomic mass is 9.73. The number of carboxylic acids is 1. The molecular weight excluding hydrogens is 216 g/mol. The van der Waals surface area contributed by atoms with Gasteiger partial charge in [0.05, 0.1) is 13.2 Å². The van der Waals surface area contributed by atoms with E-state index >= 15 is 0 Å². The zero-order valence-electron chi connectivity index (χ0n) is 10.3. The highest BCUT2D eigenvalue weighted by atomic mass is 16.5. The highest BCUT2D eigenvalue weighted by molar-refractivity contribution is 5.67. The minimum absolute atomic E-state index is 0.0732. The van der Waals surface area contributed by atoms with Gasteiger partial charge in [-0.3, -0.25) is 4.79 Å². The van der Waals surface area contributed by atoms with Gasteiger partial charge in [-0.25, -0.2) is 0 Å². The second-order valence-electron chi connectivity index (χ2n) is 4.99. The van der Waals surface area contributed by atoms with Crippen molar-refractivity contribution in [1.82, 2.24) is 0 Å². The Hall–Kier alpha value is -1.35. The topological polar surface area (TPSA) is 46.5 Å². The Labute approximate surface area is 101 Å². The molecule has 92 valence electrons. The molecule has 0 atom stereocenters. The van der Waals surface area contributed by atoms with Crippen LogP contribution in [0.1, 0.15) is 29.5 Å². The molecule has 17 heavy (non-hydrogen) atoms. The Balaban J connectivity index is 2.25. The summed E-state index contributed by atoms with van der Waals surface area (Å²) >= 11 is 0. The van der Waals surface area contributed by atoms with Crippen LogP contribution in [0.15, 0.2) is 18.2 Å². The highest BCUT2D eigenvalue weighted by Crippen LogP contribution is 2.38. The van der Waals surface area contributed by atoms with Gasteiger partial charge in [0, 0.05) is 11.8 Å². The minimum atomic E-state index is -0.735. The average Bonchev–Trinajstić information content (AvgIpc) is 2.18. The third kappa shape index (κ3) is 2.34. The zero-order valence-corrected chi connectivity index (χ0v) is 10.3. The van der Waals surface area contributed by atoms with Crippen LogP contribution < -0.4 is 0 Å². The van der Waals surface area contributed by atoms with Crippen molar-refractivity contribution in [2.75, 3.05) is 13.2 Å². The van der Waals surface area contributed by atoms with Crippen molar-refractivity contribution in [1.29, 1.82) is 0 Å². The molecule has 1 N–H and O–H groups in total. The van der Waals surface area contributed by atoms with Crippen molar-refractivity contribution >= 4 is 5.97 Å². The summed E-state index contributed by atoms with van der Waals surface area (Å²) in [6.45, 7) is 5.44. The molecule has 1 saturated heterocycles. The van der Waals surface area contributed by atoms with E-state index in [0.29, 0.717) is 19.6 Å². The van der Waals surface area contributed by atoms with Crippen LogP contribution in [-0.4, -0.2) is 24.3 Å². The molecule has 0 radical (unpaired) electrons. The molecule has 0 amide bonds. The van der Waals surface area contributed by atoms with Crippen molar-refractivity contribution in [3.8, 4) is 0 Å². The number of carboxylic acid groups (broad SMARTS) is 1. The summed E-state index contributed by atoms with van der Waals surface area (Å²) in [6, 6.07) is 6.36. The Bertz CT molecular complexity index is 433. The van der Waals surface area contributed by atoms with E-state index in [0.717, 1.165) is 0 Å². The molecule has 3 heteroatoms. The number of rotatable bonds is 4. The minimum Gasteiger partial charge on any atom is -0.481 e. The quantitative estimate of drug-likeness (QED) is 0.870. The van der Waals surface area contributed by atoms with E-state index in [4.69, 9.17) is 9.84 Å². The van der Waals surface area contributed by atoms with Gasteiger partial charge < -0.3 is 9.84 Å². The summed E-state index contributed by atoms with van der Waals surface area (Å²) in [6.07, 6.45) is 0.864. The smallest absolute Gasteiger partial charge is 0.303 e. The predicted octanol–water partition coefficient (Wildman–Crippen LogP) is 2.44. The van der Waals surface area contributed by atoms with E-state index in [1.807, 2.05) is 0 Å². The van der Waals surface area contributed by atoms with Gasteiger partial charge in [0.25, 0.3) is 0 Å². The van der Waals surface area contributed by atoms with Crippen molar-refractivity contribution in [2.45, 2.75) is 32.1 Å². The molecule has 0 aliphatic carbocycles. The lowest BCUT2D eigenvalue weighted by Gasteiger charge is -2.42. The first kappa shape index (κ1) is 12.1.